The van der Waals surface area contributed by atoms with E-state index in [1.807, 2.05) is 6.92 Å². The third-order valence-corrected chi connectivity index (χ3v) is 5.38. The van der Waals surface area contributed by atoms with Gasteiger partial charge in [-0.1, -0.05) is 31.9 Å². The fraction of sp³-hybridized carbons (Fsp3) is 0.611. The lowest BCUT2D eigenvalue weighted by Gasteiger charge is -2.29. The SMILES string of the molecule is CC[C@H]1CN(C(=O)C2CCCC2)C[C@]1(O)c1cccc(F)c1. The summed E-state index contributed by atoms with van der Waals surface area (Å²) in [6.45, 7) is 2.86. The summed E-state index contributed by atoms with van der Waals surface area (Å²) in [6.07, 6.45) is 4.93. The van der Waals surface area contributed by atoms with E-state index in [1.165, 1.54) is 12.1 Å². The molecule has 1 aromatic rings. The largest absolute Gasteiger partial charge is 0.383 e. The van der Waals surface area contributed by atoms with E-state index in [4.69, 9.17) is 0 Å². The highest BCUT2D eigenvalue weighted by molar-refractivity contribution is 5.79. The first-order chi connectivity index (χ1) is 10.5. The number of aliphatic hydroxyl groups is 1. The van der Waals surface area contributed by atoms with Crippen molar-refractivity contribution >= 4 is 5.91 Å². The summed E-state index contributed by atoms with van der Waals surface area (Å²) in [5.74, 6) is -0.100. The Kier molecular flexibility index (Phi) is 4.22. The molecule has 1 aliphatic heterocycles. The Morgan fingerprint density at radius 1 is 1.41 bits per heavy atom. The number of carbonyl (C=O) groups excluding carboxylic acids is 1. The van der Waals surface area contributed by atoms with E-state index in [9.17, 15) is 14.3 Å². The van der Waals surface area contributed by atoms with Crippen molar-refractivity contribution in [2.75, 3.05) is 13.1 Å². The predicted molar refractivity (Wildman–Crippen MR) is 82.6 cm³/mol. The van der Waals surface area contributed by atoms with Gasteiger partial charge in [0.05, 0.1) is 6.54 Å². The zero-order valence-corrected chi connectivity index (χ0v) is 13.1. The third-order valence-electron chi connectivity index (χ3n) is 5.38. The van der Waals surface area contributed by atoms with Gasteiger partial charge in [-0.05, 0) is 37.0 Å². The molecule has 2 atom stereocenters. The lowest BCUT2D eigenvalue weighted by Crippen LogP contribution is -2.38. The second kappa shape index (κ2) is 5.99. The van der Waals surface area contributed by atoms with E-state index in [1.54, 1.807) is 17.0 Å². The molecule has 1 aromatic carbocycles. The molecule has 1 amide bonds. The fourth-order valence-electron chi connectivity index (χ4n) is 4.05. The third kappa shape index (κ3) is 2.65. The van der Waals surface area contributed by atoms with Crippen molar-refractivity contribution in [2.24, 2.45) is 11.8 Å². The average molecular weight is 305 g/mol. The lowest BCUT2D eigenvalue weighted by molar-refractivity contribution is -0.135. The van der Waals surface area contributed by atoms with Crippen LogP contribution in [0.3, 0.4) is 0 Å². The van der Waals surface area contributed by atoms with Gasteiger partial charge in [0.1, 0.15) is 11.4 Å². The van der Waals surface area contributed by atoms with Crippen molar-refractivity contribution in [3.05, 3.63) is 35.6 Å². The van der Waals surface area contributed by atoms with E-state index in [0.29, 0.717) is 12.1 Å². The first kappa shape index (κ1) is 15.5. The van der Waals surface area contributed by atoms with Crippen LogP contribution in [0, 0.1) is 17.7 Å². The van der Waals surface area contributed by atoms with Gasteiger partial charge >= 0.3 is 0 Å². The maximum atomic E-state index is 13.5. The van der Waals surface area contributed by atoms with Crippen LogP contribution in [0.15, 0.2) is 24.3 Å². The van der Waals surface area contributed by atoms with Crippen molar-refractivity contribution < 1.29 is 14.3 Å². The molecule has 1 heterocycles. The summed E-state index contributed by atoms with van der Waals surface area (Å²) in [7, 11) is 0. The highest BCUT2D eigenvalue weighted by Gasteiger charge is 2.48. The zero-order chi connectivity index (χ0) is 15.7. The molecule has 1 N–H and O–H groups in total. The molecule has 1 saturated carbocycles. The van der Waals surface area contributed by atoms with Crippen LogP contribution < -0.4 is 0 Å². The summed E-state index contributed by atoms with van der Waals surface area (Å²) in [4.78, 5) is 14.4. The molecule has 22 heavy (non-hydrogen) atoms. The number of amides is 1. The van der Waals surface area contributed by atoms with Crippen molar-refractivity contribution in [1.29, 1.82) is 0 Å². The van der Waals surface area contributed by atoms with Crippen molar-refractivity contribution in [3.8, 4) is 0 Å². The molecule has 0 radical (unpaired) electrons. The molecule has 2 fully saturated rings. The maximum Gasteiger partial charge on any atom is 0.225 e. The van der Waals surface area contributed by atoms with Gasteiger partial charge < -0.3 is 10.0 Å². The van der Waals surface area contributed by atoms with Crippen LogP contribution in [0.25, 0.3) is 0 Å². The summed E-state index contributed by atoms with van der Waals surface area (Å²) in [5, 5.41) is 11.1. The number of hydrogen-bond acceptors (Lipinski definition) is 2. The van der Waals surface area contributed by atoms with Gasteiger partial charge in [0.25, 0.3) is 0 Å². The van der Waals surface area contributed by atoms with E-state index in [-0.39, 0.29) is 30.1 Å². The lowest BCUT2D eigenvalue weighted by atomic mass is 9.82. The molecule has 0 unspecified atom stereocenters. The van der Waals surface area contributed by atoms with Crippen LogP contribution in [0.1, 0.15) is 44.6 Å². The minimum absolute atomic E-state index is 0.0420. The van der Waals surface area contributed by atoms with Crippen LogP contribution >= 0.6 is 0 Å². The van der Waals surface area contributed by atoms with Gasteiger partial charge in [-0.25, -0.2) is 4.39 Å². The second-order valence-corrected chi connectivity index (χ2v) is 6.74. The smallest absolute Gasteiger partial charge is 0.225 e. The van der Waals surface area contributed by atoms with Gasteiger partial charge in [0.15, 0.2) is 0 Å². The molecule has 2 aliphatic rings. The normalized spacial score (nSPS) is 29.2. The zero-order valence-electron chi connectivity index (χ0n) is 13.1. The summed E-state index contributed by atoms with van der Waals surface area (Å²) in [6, 6.07) is 6.16. The number of likely N-dealkylation sites (tertiary alicyclic amines) is 1. The quantitative estimate of drug-likeness (QED) is 0.932. The maximum absolute atomic E-state index is 13.5. The first-order valence-corrected chi connectivity index (χ1v) is 8.32. The average Bonchev–Trinajstić information content (AvgIpc) is 3.15. The van der Waals surface area contributed by atoms with Crippen LogP contribution in [-0.4, -0.2) is 29.0 Å². The van der Waals surface area contributed by atoms with Crippen LogP contribution in [0.5, 0.6) is 0 Å². The Bertz CT molecular complexity index is 556. The highest BCUT2D eigenvalue weighted by Crippen LogP contribution is 2.40. The number of hydrogen-bond donors (Lipinski definition) is 1. The van der Waals surface area contributed by atoms with Crippen LogP contribution in [0.4, 0.5) is 4.39 Å². The van der Waals surface area contributed by atoms with Gasteiger partial charge in [-0.15, -0.1) is 0 Å². The predicted octanol–water partition coefficient (Wildman–Crippen LogP) is 3.07. The van der Waals surface area contributed by atoms with Gasteiger partial charge in [-0.3, -0.25) is 4.79 Å². The molecular formula is C18H24FNO2. The van der Waals surface area contributed by atoms with E-state index in [2.05, 4.69) is 0 Å². The van der Waals surface area contributed by atoms with E-state index in [0.717, 1.165) is 32.1 Å². The van der Waals surface area contributed by atoms with E-state index < -0.39 is 5.60 Å². The molecular weight excluding hydrogens is 281 g/mol. The number of rotatable bonds is 3. The van der Waals surface area contributed by atoms with Crippen molar-refractivity contribution in [1.82, 2.24) is 4.90 Å². The minimum Gasteiger partial charge on any atom is -0.383 e. The van der Waals surface area contributed by atoms with E-state index >= 15 is 0 Å². The molecule has 1 aliphatic carbocycles. The number of nitrogens with zero attached hydrogens (tertiary/aromatic N) is 1. The van der Waals surface area contributed by atoms with Crippen molar-refractivity contribution in [2.45, 2.75) is 44.6 Å². The molecule has 120 valence electrons. The fourth-order valence-corrected chi connectivity index (χ4v) is 4.05. The Morgan fingerprint density at radius 2 is 2.14 bits per heavy atom. The number of carbonyl (C=O) groups is 1. The number of β-amino-alcohol motifs (C(OH)–C–C–N with tert-alkyl or cyclic N) is 1. The Labute approximate surface area is 131 Å². The molecule has 3 rings (SSSR count). The minimum atomic E-state index is -1.13. The second-order valence-electron chi connectivity index (χ2n) is 6.74. The Balaban J connectivity index is 1.83. The summed E-state index contributed by atoms with van der Waals surface area (Å²) >= 11 is 0. The van der Waals surface area contributed by atoms with Gasteiger partial charge in [-0.2, -0.15) is 0 Å². The van der Waals surface area contributed by atoms with Gasteiger partial charge in [0, 0.05) is 18.4 Å². The summed E-state index contributed by atoms with van der Waals surface area (Å²) in [5.41, 5.74) is -0.549. The summed E-state index contributed by atoms with van der Waals surface area (Å²) < 4.78 is 13.5. The van der Waals surface area contributed by atoms with Crippen LogP contribution in [0.2, 0.25) is 0 Å². The highest BCUT2D eigenvalue weighted by atomic mass is 19.1. The Morgan fingerprint density at radius 3 is 2.77 bits per heavy atom. The molecule has 4 heteroatoms. The first-order valence-electron chi connectivity index (χ1n) is 8.32. The molecule has 0 aromatic heterocycles. The molecule has 0 bridgehead atoms. The monoisotopic (exact) mass is 305 g/mol. The number of halogens is 1. The topological polar surface area (TPSA) is 40.5 Å². The van der Waals surface area contributed by atoms with Gasteiger partial charge in [0.2, 0.25) is 5.91 Å². The number of benzene rings is 1. The Hall–Kier alpha value is -1.42. The van der Waals surface area contributed by atoms with Crippen molar-refractivity contribution in [3.63, 3.8) is 0 Å². The van der Waals surface area contributed by atoms with Crippen LogP contribution in [-0.2, 0) is 10.4 Å². The molecule has 0 spiro atoms. The molecule has 1 saturated heterocycles. The molecule has 3 nitrogen and oxygen atoms in total. The standard InChI is InChI=1S/C18H24FNO2/c1-2-14-11-20(17(21)13-6-3-4-7-13)12-18(14,22)15-8-5-9-16(19)10-15/h5,8-10,13-14,22H,2-4,6-7,11-12H2,1H3/t14-,18+/m0/s1.